The van der Waals surface area contributed by atoms with Crippen LogP contribution in [0.15, 0.2) is 36.4 Å². The molecule has 0 spiro atoms. The van der Waals surface area contributed by atoms with Crippen molar-refractivity contribution in [3.63, 3.8) is 0 Å². The molecule has 2 aromatic rings. The lowest BCUT2D eigenvalue weighted by Crippen LogP contribution is -2.43. The van der Waals surface area contributed by atoms with Crippen molar-refractivity contribution in [3.05, 3.63) is 58.7 Å². The van der Waals surface area contributed by atoms with E-state index >= 15 is 0 Å². The van der Waals surface area contributed by atoms with Gasteiger partial charge in [0.25, 0.3) is 5.91 Å². The molecule has 1 heterocycles. The molecule has 26 heavy (non-hydrogen) atoms. The molecule has 0 radical (unpaired) electrons. The monoisotopic (exact) mass is 355 g/mol. The van der Waals surface area contributed by atoms with E-state index in [0.717, 1.165) is 5.56 Å². The highest BCUT2D eigenvalue weighted by Crippen LogP contribution is 2.34. The normalized spacial score (nSPS) is 16.0. The summed E-state index contributed by atoms with van der Waals surface area (Å²) in [7, 11) is 3.03. The number of carboxylic acids is 1. The van der Waals surface area contributed by atoms with Crippen LogP contribution in [0.1, 0.15) is 33.1 Å². The van der Waals surface area contributed by atoms with Crippen LogP contribution in [0.5, 0.6) is 11.5 Å². The molecule has 6 heteroatoms. The van der Waals surface area contributed by atoms with Gasteiger partial charge in [-0.25, -0.2) is 4.79 Å². The molecular formula is C20H21NO5. The number of benzene rings is 2. The smallest absolute Gasteiger partial charge is 0.331 e. The molecule has 1 aliphatic rings. The summed E-state index contributed by atoms with van der Waals surface area (Å²) in [5.74, 6) is -0.403. The third kappa shape index (κ3) is 2.98. The van der Waals surface area contributed by atoms with Crippen LogP contribution in [-0.4, -0.2) is 42.6 Å². The molecule has 1 aliphatic heterocycles. The van der Waals surface area contributed by atoms with E-state index in [9.17, 15) is 14.7 Å². The summed E-state index contributed by atoms with van der Waals surface area (Å²) >= 11 is 0. The second kappa shape index (κ2) is 7.07. The minimum atomic E-state index is -1.04. The molecule has 0 bridgehead atoms. The SMILES string of the molecule is COc1cc(C)c(C(=O)N2CCc3ccccc3C2C(=O)O)cc1OC. The fourth-order valence-corrected chi connectivity index (χ4v) is 3.42. The van der Waals surface area contributed by atoms with Crippen LogP contribution in [0, 0.1) is 6.92 Å². The van der Waals surface area contributed by atoms with E-state index in [1.54, 1.807) is 31.2 Å². The van der Waals surface area contributed by atoms with E-state index in [0.29, 0.717) is 41.2 Å². The Bertz CT molecular complexity index is 861. The Kier molecular flexibility index (Phi) is 4.84. The first-order valence-corrected chi connectivity index (χ1v) is 8.32. The van der Waals surface area contributed by atoms with Gasteiger partial charge >= 0.3 is 5.97 Å². The van der Waals surface area contributed by atoms with Crippen molar-refractivity contribution < 1.29 is 24.2 Å². The number of aryl methyl sites for hydroxylation is 1. The minimum Gasteiger partial charge on any atom is -0.493 e. The van der Waals surface area contributed by atoms with Crippen molar-refractivity contribution in [3.8, 4) is 11.5 Å². The molecule has 0 saturated carbocycles. The minimum absolute atomic E-state index is 0.328. The van der Waals surface area contributed by atoms with Crippen LogP contribution < -0.4 is 9.47 Å². The van der Waals surface area contributed by atoms with Crippen molar-refractivity contribution in [2.24, 2.45) is 0 Å². The van der Waals surface area contributed by atoms with E-state index in [2.05, 4.69) is 0 Å². The van der Waals surface area contributed by atoms with Gasteiger partial charge in [-0.3, -0.25) is 4.79 Å². The highest BCUT2D eigenvalue weighted by atomic mass is 16.5. The number of rotatable bonds is 4. The number of ether oxygens (including phenoxy) is 2. The number of carbonyl (C=O) groups excluding carboxylic acids is 1. The maximum Gasteiger partial charge on any atom is 0.331 e. The molecule has 1 N–H and O–H groups in total. The second-order valence-electron chi connectivity index (χ2n) is 6.21. The highest BCUT2D eigenvalue weighted by molar-refractivity contribution is 5.99. The van der Waals surface area contributed by atoms with Crippen molar-refractivity contribution >= 4 is 11.9 Å². The number of hydrogen-bond acceptors (Lipinski definition) is 4. The Labute approximate surface area is 152 Å². The number of aliphatic carboxylic acids is 1. The second-order valence-corrected chi connectivity index (χ2v) is 6.21. The number of methoxy groups -OCH3 is 2. The number of carbonyl (C=O) groups is 2. The third-order valence-corrected chi connectivity index (χ3v) is 4.74. The molecule has 136 valence electrons. The molecular weight excluding hydrogens is 334 g/mol. The molecule has 1 amide bonds. The number of amides is 1. The van der Waals surface area contributed by atoms with Gasteiger partial charge in [-0.1, -0.05) is 24.3 Å². The van der Waals surface area contributed by atoms with Gasteiger partial charge in [0, 0.05) is 12.1 Å². The maximum absolute atomic E-state index is 13.2. The van der Waals surface area contributed by atoms with Gasteiger partial charge in [-0.15, -0.1) is 0 Å². The number of carboxylic acid groups (broad SMARTS) is 1. The predicted molar refractivity (Wildman–Crippen MR) is 95.8 cm³/mol. The fourth-order valence-electron chi connectivity index (χ4n) is 3.42. The van der Waals surface area contributed by atoms with Gasteiger partial charge in [0.2, 0.25) is 0 Å². The van der Waals surface area contributed by atoms with Gasteiger partial charge < -0.3 is 19.5 Å². The molecule has 0 aromatic heterocycles. The molecule has 3 rings (SSSR count). The van der Waals surface area contributed by atoms with Crippen LogP contribution in [0.25, 0.3) is 0 Å². The van der Waals surface area contributed by atoms with Gasteiger partial charge in [0.1, 0.15) is 0 Å². The Morgan fingerprint density at radius 2 is 1.77 bits per heavy atom. The lowest BCUT2D eigenvalue weighted by atomic mass is 9.91. The summed E-state index contributed by atoms with van der Waals surface area (Å²) in [5.41, 5.74) is 2.75. The van der Waals surface area contributed by atoms with Crippen molar-refractivity contribution in [2.45, 2.75) is 19.4 Å². The van der Waals surface area contributed by atoms with Crippen LogP contribution in [0.4, 0.5) is 0 Å². The predicted octanol–water partition coefficient (Wildman–Crippen LogP) is 2.84. The first kappa shape index (κ1) is 17.8. The quantitative estimate of drug-likeness (QED) is 0.913. The summed E-state index contributed by atoms with van der Waals surface area (Å²) in [6, 6.07) is 9.69. The van der Waals surface area contributed by atoms with E-state index in [1.807, 2.05) is 12.1 Å². The Morgan fingerprint density at radius 3 is 2.42 bits per heavy atom. The van der Waals surface area contributed by atoms with Gasteiger partial charge in [0.15, 0.2) is 17.5 Å². The van der Waals surface area contributed by atoms with Crippen LogP contribution in [0.2, 0.25) is 0 Å². The van der Waals surface area contributed by atoms with E-state index in [-0.39, 0.29) is 5.91 Å². The first-order chi connectivity index (χ1) is 12.5. The van der Waals surface area contributed by atoms with Crippen molar-refractivity contribution in [2.75, 3.05) is 20.8 Å². The van der Waals surface area contributed by atoms with E-state index < -0.39 is 12.0 Å². The summed E-state index contributed by atoms with van der Waals surface area (Å²) < 4.78 is 10.5. The summed E-state index contributed by atoms with van der Waals surface area (Å²) in [4.78, 5) is 26.5. The average molecular weight is 355 g/mol. The van der Waals surface area contributed by atoms with E-state index in [4.69, 9.17) is 9.47 Å². The summed E-state index contributed by atoms with van der Waals surface area (Å²) in [6.07, 6.45) is 0.623. The zero-order valence-electron chi connectivity index (χ0n) is 15.0. The zero-order chi connectivity index (χ0) is 18.8. The number of fused-ring (bicyclic) bond motifs is 1. The first-order valence-electron chi connectivity index (χ1n) is 8.32. The fraction of sp³-hybridized carbons (Fsp3) is 0.300. The zero-order valence-corrected chi connectivity index (χ0v) is 15.0. The van der Waals surface area contributed by atoms with Crippen LogP contribution in [0.3, 0.4) is 0 Å². The van der Waals surface area contributed by atoms with Gasteiger partial charge in [-0.2, -0.15) is 0 Å². The van der Waals surface area contributed by atoms with E-state index in [1.165, 1.54) is 19.1 Å². The maximum atomic E-state index is 13.2. The molecule has 1 unspecified atom stereocenters. The Morgan fingerprint density at radius 1 is 1.12 bits per heavy atom. The molecule has 1 atom stereocenters. The third-order valence-electron chi connectivity index (χ3n) is 4.74. The molecule has 2 aromatic carbocycles. The van der Waals surface area contributed by atoms with Gasteiger partial charge in [-0.05, 0) is 42.2 Å². The highest BCUT2D eigenvalue weighted by Gasteiger charge is 2.36. The molecule has 6 nitrogen and oxygen atoms in total. The standard InChI is InChI=1S/C20H21NO5/c1-12-10-16(25-2)17(26-3)11-15(12)19(22)21-9-8-13-6-4-5-7-14(13)18(21)20(23)24/h4-7,10-11,18H,8-9H2,1-3H3,(H,23,24). The molecule has 0 aliphatic carbocycles. The lowest BCUT2D eigenvalue weighted by molar-refractivity contribution is -0.143. The van der Waals surface area contributed by atoms with Crippen LogP contribution >= 0.6 is 0 Å². The van der Waals surface area contributed by atoms with Crippen molar-refractivity contribution in [1.29, 1.82) is 0 Å². The Hall–Kier alpha value is -3.02. The molecule has 0 fully saturated rings. The van der Waals surface area contributed by atoms with Gasteiger partial charge in [0.05, 0.1) is 14.2 Å². The summed E-state index contributed by atoms with van der Waals surface area (Å²) in [5, 5.41) is 9.76. The molecule has 0 saturated heterocycles. The van der Waals surface area contributed by atoms with Crippen molar-refractivity contribution in [1.82, 2.24) is 4.90 Å². The Balaban J connectivity index is 2.03. The largest absolute Gasteiger partial charge is 0.493 e. The summed E-state index contributed by atoms with van der Waals surface area (Å²) in [6.45, 7) is 2.14. The average Bonchev–Trinajstić information content (AvgIpc) is 2.65. The number of hydrogen-bond donors (Lipinski definition) is 1. The topological polar surface area (TPSA) is 76.1 Å². The lowest BCUT2D eigenvalue weighted by Gasteiger charge is -2.35. The number of nitrogens with zero attached hydrogens (tertiary/aromatic N) is 1. The van der Waals surface area contributed by atoms with Crippen LogP contribution in [-0.2, 0) is 11.2 Å².